The topological polar surface area (TPSA) is 101 Å². The molecule has 0 bridgehead atoms. The van der Waals surface area contributed by atoms with Crippen molar-refractivity contribution < 1.29 is 9.59 Å². The Morgan fingerprint density at radius 2 is 1.82 bits per heavy atom. The van der Waals surface area contributed by atoms with Gasteiger partial charge in [0.05, 0.1) is 18.1 Å². The molecule has 0 radical (unpaired) electrons. The molecule has 3 aromatic rings. The fraction of sp³-hybridized carbons (Fsp3) is 0.300. The molecule has 2 heterocycles. The molecule has 1 saturated carbocycles. The van der Waals surface area contributed by atoms with Crippen molar-refractivity contribution >= 4 is 34.3 Å². The van der Waals surface area contributed by atoms with Gasteiger partial charge in [-0.1, -0.05) is 0 Å². The monoisotopic (exact) mass is 378 g/mol. The highest BCUT2D eigenvalue weighted by Crippen LogP contribution is 2.20. The Hall–Kier alpha value is -3.42. The number of rotatable bonds is 5. The molecule has 28 heavy (non-hydrogen) atoms. The van der Waals surface area contributed by atoms with E-state index in [-0.39, 0.29) is 18.0 Å². The van der Waals surface area contributed by atoms with Gasteiger partial charge < -0.3 is 16.0 Å². The van der Waals surface area contributed by atoms with E-state index in [4.69, 9.17) is 0 Å². The average Bonchev–Trinajstić information content (AvgIpc) is 3.37. The third-order valence-electron chi connectivity index (χ3n) is 4.50. The highest BCUT2D eigenvalue weighted by Gasteiger charge is 2.23. The molecule has 0 spiro atoms. The van der Waals surface area contributed by atoms with Crippen LogP contribution < -0.4 is 16.0 Å². The van der Waals surface area contributed by atoms with E-state index in [1.54, 1.807) is 36.7 Å². The maximum atomic E-state index is 12.5. The van der Waals surface area contributed by atoms with Gasteiger partial charge in [-0.3, -0.25) is 4.79 Å². The van der Waals surface area contributed by atoms with Crippen molar-refractivity contribution in [2.45, 2.75) is 38.8 Å². The first-order chi connectivity index (χ1) is 13.5. The molecule has 1 fully saturated rings. The largest absolute Gasteiger partial charge is 0.335 e. The average molecular weight is 378 g/mol. The van der Waals surface area contributed by atoms with Gasteiger partial charge >= 0.3 is 6.03 Å². The molecule has 8 nitrogen and oxygen atoms in total. The zero-order chi connectivity index (χ0) is 19.7. The number of urea groups is 1. The fourth-order valence-electron chi connectivity index (χ4n) is 2.87. The summed E-state index contributed by atoms with van der Waals surface area (Å²) in [4.78, 5) is 28.7. The standard InChI is InChI=1S/C20H22N6O2/c1-12(2)26-18-14(10-22-26)9-17(11-21-18)23-19(27)13-3-5-15(6-4-13)24-20(28)25-16-7-8-16/h3-6,9-12,16H,7-8H2,1-2H3,(H,23,27)(H2,24,25,28). The van der Waals surface area contributed by atoms with Crippen molar-refractivity contribution in [1.82, 2.24) is 20.1 Å². The van der Waals surface area contributed by atoms with Gasteiger partial charge in [0, 0.05) is 28.7 Å². The molecule has 144 valence electrons. The minimum Gasteiger partial charge on any atom is -0.335 e. The number of aromatic nitrogens is 3. The van der Waals surface area contributed by atoms with Crippen LogP contribution in [0.5, 0.6) is 0 Å². The molecule has 4 rings (SSSR count). The molecule has 1 aliphatic carbocycles. The van der Waals surface area contributed by atoms with Crippen molar-refractivity contribution in [3.8, 4) is 0 Å². The molecular formula is C20H22N6O2. The zero-order valence-electron chi connectivity index (χ0n) is 15.8. The molecule has 2 aromatic heterocycles. The molecule has 0 unspecified atom stereocenters. The van der Waals surface area contributed by atoms with Gasteiger partial charge in [-0.2, -0.15) is 5.10 Å². The number of amides is 3. The number of carbonyl (C=O) groups excluding carboxylic acids is 2. The second-order valence-corrected chi connectivity index (χ2v) is 7.22. The predicted molar refractivity (Wildman–Crippen MR) is 107 cm³/mol. The second kappa shape index (κ2) is 7.30. The summed E-state index contributed by atoms with van der Waals surface area (Å²) in [6.45, 7) is 4.08. The van der Waals surface area contributed by atoms with E-state index in [1.165, 1.54) is 0 Å². The van der Waals surface area contributed by atoms with Gasteiger partial charge in [0.25, 0.3) is 5.91 Å². The van der Waals surface area contributed by atoms with Crippen LogP contribution in [0.2, 0.25) is 0 Å². The fourth-order valence-corrected chi connectivity index (χ4v) is 2.87. The number of nitrogens with zero attached hydrogens (tertiary/aromatic N) is 3. The number of carbonyl (C=O) groups is 2. The van der Waals surface area contributed by atoms with Crippen LogP contribution in [0.4, 0.5) is 16.2 Å². The molecule has 0 aliphatic heterocycles. The van der Waals surface area contributed by atoms with Gasteiger partial charge in [0.2, 0.25) is 0 Å². The summed E-state index contributed by atoms with van der Waals surface area (Å²) in [6, 6.07) is 8.89. The van der Waals surface area contributed by atoms with E-state index in [9.17, 15) is 9.59 Å². The Balaban J connectivity index is 1.41. The van der Waals surface area contributed by atoms with Gasteiger partial charge in [-0.15, -0.1) is 0 Å². The maximum Gasteiger partial charge on any atom is 0.319 e. The number of anilines is 2. The van der Waals surface area contributed by atoms with Crippen LogP contribution in [-0.2, 0) is 0 Å². The Morgan fingerprint density at radius 1 is 1.07 bits per heavy atom. The van der Waals surface area contributed by atoms with Crippen LogP contribution in [0.3, 0.4) is 0 Å². The predicted octanol–water partition coefficient (Wildman–Crippen LogP) is 3.55. The highest BCUT2D eigenvalue weighted by molar-refractivity contribution is 6.05. The first-order valence-electron chi connectivity index (χ1n) is 9.32. The SMILES string of the molecule is CC(C)n1ncc2cc(NC(=O)c3ccc(NC(=O)NC4CC4)cc3)cnc21. The van der Waals surface area contributed by atoms with E-state index in [2.05, 4.69) is 26.0 Å². The van der Waals surface area contributed by atoms with Gasteiger partial charge in [-0.05, 0) is 57.0 Å². The quantitative estimate of drug-likeness (QED) is 0.632. The molecule has 1 aliphatic rings. The Labute approximate surface area is 162 Å². The number of hydrogen-bond donors (Lipinski definition) is 3. The highest BCUT2D eigenvalue weighted by atomic mass is 16.2. The van der Waals surface area contributed by atoms with E-state index in [0.29, 0.717) is 23.0 Å². The van der Waals surface area contributed by atoms with E-state index in [1.807, 2.05) is 24.6 Å². The molecular weight excluding hydrogens is 356 g/mol. The number of fused-ring (bicyclic) bond motifs is 1. The molecule has 8 heteroatoms. The normalized spacial score (nSPS) is 13.5. The third-order valence-corrected chi connectivity index (χ3v) is 4.50. The van der Waals surface area contributed by atoms with Gasteiger partial charge in [-0.25, -0.2) is 14.5 Å². The minimum atomic E-state index is -0.244. The molecule has 3 amide bonds. The summed E-state index contributed by atoms with van der Waals surface area (Å²) in [5.41, 5.74) is 2.52. The molecule has 1 aromatic carbocycles. The van der Waals surface area contributed by atoms with Crippen LogP contribution in [-0.4, -0.2) is 32.7 Å². The zero-order valence-corrected chi connectivity index (χ0v) is 15.8. The Bertz CT molecular complexity index is 1020. The van der Waals surface area contributed by atoms with Crippen LogP contribution in [0.15, 0.2) is 42.7 Å². The summed E-state index contributed by atoms with van der Waals surface area (Å²) in [7, 11) is 0. The van der Waals surface area contributed by atoms with E-state index in [0.717, 1.165) is 23.9 Å². The second-order valence-electron chi connectivity index (χ2n) is 7.22. The van der Waals surface area contributed by atoms with Crippen molar-refractivity contribution in [2.75, 3.05) is 10.6 Å². The van der Waals surface area contributed by atoms with Crippen LogP contribution in [0, 0.1) is 0 Å². The lowest BCUT2D eigenvalue weighted by molar-refractivity contribution is 0.102. The van der Waals surface area contributed by atoms with Crippen LogP contribution >= 0.6 is 0 Å². The Morgan fingerprint density at radius 3 is 2.50 bits per heavy atom. The first-order valence-corrected chi connectivity index (χ1v) is 9.32. The van der Waals surface area contributed by atoms with Crippen LogP contribution in [0.1, 0.15) is 43.1 Å². The summed E-state index contributed by atoms with van der Waals surface area (Å²) >= 11 is 0. The first kappa shape index (κ1) is 18.0. The number of hydrogen-bond acceptors (Lipinski definition) is 4. The van der Waals surface area contributed by atoms with Crippen molar-refractivity contribution in [3.63, 3.8) is 0 Å². The van der Waals surface area contributed by atoms with Gasteiger partial charge in [0.1, 0.15) is 0 Å². The third kappa shape index (κ3) is 3.95. The lowest BCUT2D eigenvalue weighted by Gasteiger charge is -2.09. The number of benzene rings is 1. The number of nitrogens with one attached hydrogen (secondary N) is 3. The molecule has 3 N–H and O–H groups in total. The summed E-state index contributed by atoms with van der Waals surface area (Å²) in [5.74, 6) is -0.244. The molecule has 0 saturated heterocycles. The summed E-state index contributed by atoms with van der Waals surface area (Å²) in [5, 5.41) is 13.7. The van der Waals surface area contributed by atoms with E-state index < -0.39 is 0 Å². The van der Waals surface area contributed by atoms with Crippen LogP contribution in [0.25, 0.3) is 11.0 Å². The van der Waals surface area contributed by atoms with Crippen molar-refractivity contribution in [2.24, 2.45) is 0 Å². The number of pyridine rings is 1. The molecule has 0 atom stereocenters. The van der Waals surface area contributed by atoms with Gasteiger partial charge in [0.15, 0.2) is 5.65 Å². The summed E-state index contributed by atoms with van der Waals surface area (Å²) in [6.07, 6.45) is 5.43. The lowest BCUT2D eigenvalue weighted by atomic mass is 10.2. The smallest absolute Gasteiger partial charge is 0.319 e. The minimum absolute atomic E-state index is 0.212. The maximum absolute atomic E-state index is 12.5. The van der Waals surface area contributed by atoms with Crippen molar-refractivity contribution in [1.29, 1.82) is 0 Å². The van der Waals surface area contributed by atoms with Crippen molar-refractivity contribution in [3.05, 3.63) is 48.3 Å². The summed E-state index contributed by atoms with van der Waals surface area (Å²) < 4.78 is 1.84. The van der Waals surface area contributed by atoms with E-state index >= 15 is 0 Å². The Kier molecular flexibility index (Phi) is 4.68. The lowest BCUT2D eigenvalue weighted by Crippen LogP contribution is -2.30.